The molecular weight excluding hydrogens is 292 g/mol. The van der Waals surface area contributed by atoms with Crippen molar-refractivity contribution in [1.82, 2.24) is 5.32 Å². The molecule has 2 heterocycles. The van der Waals surface area contributed by atoms with Crippen molar-refractivity contribution < 1.29 is 0 Å². The van der Waals surface area contributed by atoms with Gasteiger partial charge in [0.2, 0.25) is 0 Å². The maximum atomic E-state index is 6.25. The van der Waals surface area contributed by atoms with Gasteiger partial charge in [-0.3, -0.25) is 4.99 Å². The Hall–Kier alpha value is -1.38. The molecular formula is C19H21ClN2. The van der Waals surface area contributed by atoms with E-state index in [4.69, 9.17) is 16.6 Å². The average Bonchev–Trinajstić information content (AvgIpc) is 2.72. The molecule has 1 aliphatic carbocycles. The van der Waals surface area contributed by atoms with E-state index in [1.807, 2.05) is 6.07 Å². The van der Waals surface area contributed by atoms with Crippen LogP contribution in [0.3, 0.4) is 0 Å². The van der Waals surface area contributed by atoms with Crippen LogP contribution in [0.4, 0.5) is 0 Å². The van der Waals surface area contributed by atoms with E-state index in [2.05, 4.69) is 29.6 Å². The lowest BCUT2D eigenvalue weighted by Crippen LogP contribution is -2.26. The van der Waals surface area contributed by atoms with Crippen molar-refractivity contribution in [3.8, 4) is 0 Å². The fourth-order valence-electron chi connectivity index (χ4n) is 3.89. The number of aliphatic imine (C=N–C) groups is 1. The number of nitrogens with one attached hydrogen (secondary N) is 1. The van der Waals surface area contributed by atoms with Crippen LogP contribution in [0.25, 0.3) is 5.57 Å². The van der Waals surface area contributed by atoms with Crippen LogP contribution < -0.4 is 5.32 Å². The van der Waals surface area contributed by atoms with Crippen LogP contribution in [0.1, 0.15) is 30.4 Å². The third-order valence-electron chi connectivity index (χ3n) is 4.96. The lowest BCUT2D eigenvalue weighted by molar-refractivity contribution is 0.612. The quantitative estimate of drug-likeness (QED) is 0.718. The van der Waals surface area contributed by atoms with E-state index in [9.17, 15) is 0 Å². The minimum absolute atomic E-state index is 0.470. The first-order valence-corrected chi connectivity index (χ1v) is 8.63. The average molecular weight is 313 g/mol. The Labute approximate surface area is 137 Å². The summed E-state index contributed by atoms with van der Waals surface area (Å²) in [6.45, 7) is 2.98. The zero-order valence-electron chi connectivity index (χ0n) is 12.7. The molecule has 0 bridgehead atoms. The Morgan fingerprint density at radius 1 is 1.14 bits per heavy atom. The predicted molar refractivity (Wildman–Crippen MR) is 93.7 cm³/mol. The van der Waals surface area contributed by atoms with Crippen molar-refractivity contribution in [3.63, 3.8) is 0 Å². The molecule has 1 aromatic carbocycles. The van der Waals surface area contributed by atoms with Gasteiger partial charge in [-0.1, -0.05) is 35.4 Å². The van der Waals surface area contributed by atoms with Crippen molar-refractivity contribution in [2.24, 2.45) is 10.9 Å². The molecule has 2 nitrogen and oxygen atoms in total. The monoisotopic (exact) mass is 312 g/mol. The molecule has 0 saturated carbocycles. The lowest BCUT2D eigenvalue weighted by Gasteiger charge is -2.25. The number of aryl methyl sites for hydroxylation is 1. The van der Waals surface area contributed by atoms with E-state index in [-0.39, 0.29) is 0 Å². The largest absolute Gasteiger partial charge is 0.316 e. The maximum absolute atomic E-state index is 6.25. The van der Waals surface area contributed by atoms with E-state index >= 15 is 0 Å². The van der Waals surface area contributed by atoms with Gasteiger partial charge >= 0.3 is 0 Å². The van der Waals surface area contributed by atoms with Crippen LogP contribution in [0.2, 0.25) is 5.02 Å². The second-order valence-electron chi connectivity index (χ2n) is 6.33. The molecule has 3 aliphatic rings. The summed E-state index contributed by atoms with van der Waals surface area (Å²) in [6, 6.07) is 6.40. The number of hydrogen-bond donors (Lipinski definition) is 1. The summed E-state index contributed by atoms with van der Waals surface area (Å²) < 4.78 is 0. The van der Waals surface area contributed by atoms with Gasteiger partial charge in [0.15, 0.2) is 0 Å². The van der Waals surface area contributed by atoms with Crippen molar-refractivity contribution in [1.29, 1.82) is 0 Å². The minimum Gasteiger partial charge on any atom is -0.316 e. The molecule has 1 unspecified atom stereocenters. The number of piperidine rings is 1. The summed E-state index contributed by atoms with van der Waals surface area (Å²) >= 11 is 6.25. The Kier molecular flexibility index (Phi) is 3.89. The van der Waals surface area contributed by atoms with Gasteiger partial charge in [0.25, 0.3) is 0 Å². The highest BCUT2D eigenvalue weighted by molar-refractivity contribution is 6.31. The fraction of sp³-hybridized carbons (Fsp3) is 0.421. The molecule has 3 heteroatoms. The van der Waals surface area contributed by atoms with Gasteiger partial charge < -0.3 is 5.32 Å². The number of halogens is 1. The Bertz CT molecular complexity index is 677. The van der Waals surface area contributed by atoms with Crippen molar-refractivity contribution in [2.75, 3.05) is 19.6 Å². The molecule has 1 aromatic rings. The third-order valence-corrected chi connectivity index (χ3v) is 5.20. The molecule has 2 aliphatic heterocycles. The van der Waals surface area contributed by atoms with Gasteiger partial charge in [0, 0.05) is 22.2 Å². The standard InChI is InChI=1S/C19H21ClN2/c20-16-5-6-17-15(12-16)4-3-14-2-1-9-22-19(14)18(17)13-7-10-21-11-8-13/h1-2,5-6,12,14,21H,3-4,7-11H2. The molecule has 1 fully saturated rings. The van der Waals surface area contributed by atoms with Gasteiger partial charge in [0.1, 0.15) is 0 Å². The van der Waals surface area contributed by atoms with Crippen molar-refractivity contribution >= 4 is 22.9 Å². The first-order chi connectivity index (χ1) is 10.8. The molecule has 22 heavy (non-hydrogen) atoms. The smallest absolute Gasteiger partial charge is 0.0574 e. The van der Waals surface area contributed by atoms with Gasteiger partial charge in [0.05, 0.1) is 6.54 Å². The number of allylic oxidation sites excluding steroid dienone is 2. The summed E-state index contributed by atoms with van der Waals surface area (Å²) in [6.07, 6.45) is 9.05. The summed E-state index contributed by atoms with van der Waals surface area (Å²) in [5.41, 5.74) is 7.08. The summed E-state index contributed by atoms with van der Waals surface area (Å²) in [7, 11) is 0. The van der Waals surface area contributed by atoms with E-state index in [1.54, 1.807) is 5.57 Å². The Morgan fingerprint density at radius 3 is 2.86 bits per heavy atom. The second-order valence-corrected chi connectivity index (χ2v) is 6.77. The fourth-order valence-corrected chi connectivity index (χ4v) is 4.09. The van der Waals surface area contributed by atoms with Crippen molar-refractivity contribution in [2.45, 2.75) is 25.7 Å². The molecule has 0 spiro atoms. The molecule has 4 rings (SSSR count). The SMILES string of the molecule is Clc1ccc2c(c1)CCC1C=CCN=C1C2=C1CCNCC1. The molecule has 1 saturated heterocycles. The predicted octanol–water partition coefficient (Wildman–Crippen LogP) is 4.05. The maximum Gasteiger partial charge on any atom is 0.0574 e. The molecule has 0 amide bonds. The topological polar surface area (TPSA) is 24.4 Å². The number of nitrogens with zero attached hydrogens (tertiary/aromatic N) is 1. The van der Waals surface area contributed by atoms with E-state index < -0.39 is 0 Å². The van der Waals surface area contributed by atoms with Gasteiger partial charge in [-0.25, -0.2) is 0 Å². The van der Waals surface area contributed by atoms with Crippen molar-refractivity contribution in [3.05, 3.63) is 52.1 Å². The highest BCUT2D eigenvalue weighted by Gasteiger charge is 2.28. The van der Waals surface area contributed by atoms with Gasteiger partial charge in [-0.15, -0.1) is 0 Å². The number of hydrogen-bond acceptors (Lipinski definition) is 2. The van der Waals surface area contributed by atoms with Crippen LogP contribution in [-0.2, 0) is 6.42 Å². The first-order valence-electron chi connectivity index (χ1n) is 8.26. The number of rotatable bonds is 0. The van der Waals surface area contributed by atoms with Crippen LogP contribution in [0.5, 0.6) is 0 Å². The highest BCUT2D eigenvalue weighted by atomic mass is 35.5. The van der Waals surface area contributed by atoms with Crippen LogP contribution in [-0.4, -0.2) is 25.3 Å². The van der Waals surface area contributed by atoms with Crippen LogP contribution in [0.15, 0.2) is 40.9 Å². The molecule has 0 aromatic heterocycles. The zero-order chi connectivity index (χ0) is 14.9. The lowest BCUT2D eigenvalue weighted by atomic mass is 9.85. The minimum atomic E-state index is 0.470. The Balaban J connectivity index is 1.91. The summed E-state index contributed by atoms with van der Waals surface area (Å²) in [5, 5.41) is 4.31. The summed E-state index contributed by atoms with van der Waals surface area (Å²) in [5.74, 6) is 0.470. The van der Waals surface area contributed by atoms with E-state index in [0.29, 0.717) is 5.92 Å². The van der Waals surface area contributed by atoms with E-state index in [0.717, 1.165) is 50.3 Å². The molecule has 1 N–H and O–H groups in total. The van der Waals surface area contributed by atoms with Gasteiger partial charge in [-0.05, 0) is 62.0 Å². The van der Waals surface area contributed by atoms with Crippen LogP contribution in [0, 0.1) is 5.92 Å². The molecule has 0 radical (unpaired) electrons. The third kappa shape index (κ3) is 2.55. The van der Waals surface area contributed by atoms with Crippen LogP contribution >= 0.6 is 11.6 Å². The number of fused-ring (bicyclic) bond motifs is 2. The summed E-state index contributed by atoms with van der Waals surface area (Å²) in [4.78, 5) is 4.91. The zero-order valence-corrected chi connectivity index (χ0v) is 13.5. The number of benzene rings is 1. The first kappa shape index (κ1) is 14.2. The second kappa shape index (κ2) is 6.02. The highest BCUT2D eigenvalue weighted by Crippen LogP contribution is 2.38. The molecule has 114 valence electrons. The Morgan fingerprint density at radius 2 is 2.00 bits per heavy atom. The normalized spacial score (nSPS) is 24.4. The van der Waals surface area contributed by atoms with E-state index in [1.165, 1.54) is 22.4 Å². The number of dihydropyridines is 1. The van der Waals surface area contributed by atoms with Gasteiger partial charge in [-0.2, -0.15) is 0 Å². The molecule has 1 atom stereocenters.